The summed E-state index contributed by atoms with van der Waals surface area (Å²) in [4.78, 5) is 2.00. The number of halogens is 4. The van der Waals surface area contributed by atoms with Crippen molar-refractivity contribution in [3.63, 3.8) is 0 Å². The summed E-state index contributed by atoms with van der Waals surface area (Å²) in [6.07, 6.45) is 0. The molecular weight excluding hydrogens is 333 g/mol. The maximum Gasteiger partial charge on any atom is 0.149 e. The Labute approximate surface area is 141 Å². The van der Waals surface area contributed by atoms with Crippen molar-refractivity contribution in [1.82, 2.24) is 10.2 Å². The highest BCUT2D eigenvalue weighted by atomic mass is 35.5. The summed E-state index contributed by atoms with van der Waals surface area (Å²) in [5.41, 5.74) is -0.743. The first-order valence-electron chi connectivity index (χ1n) is 7.07. The van der Waals surface area contributed by atoms with Crippen LogP contribution in [0.25, 0.3) is 0 Å². The fourth-order valence-corrected chi connectivity index (χ4v) is 3.05. The molecule has 1 saturated heterocycles. The third kappa shape index (κ3) is 3.89. The molecule has 0 aliphatic carbocycles. The second-order valence-electron chi connectivity index (χ2n) is 6.09. The molecule has 1 aromatic rings. The van der Waals surface area contributed by atoms with E-state index < -0.39 is 23.1 Å². The third-order valence-electron chi connectivity index (χ3n) is 4.02. The normalized spacial score (nSPS) is 17.9. The van der Waals surface area contributed by atoms with Gasteiger partial charge in [-0.25, -0.2) is 8.78 Å². The predicted molar refractivity (Wildman–Crippen MR) is 86.7 cm³/mol. The van der Waals surface area contributed by atoms with Crippen LogP contribution in [-0.4, -0.2) is 42.8 Å². The molecule has 2 rings (SSSR count). The van der Waals surface area contributed by atoms with Crippen molar-refractivity contribution in [3.05, 3.63) is 34.4 Å². The van der Waals surface area contributed by atoms with E-state index in [0.717, 1.165) is 13.1 Å². The standard InChI is InChI=1S/C15H21ClF2N2O.ClH/c1-15(2,9-21)14(20-7-5-19-6-8-20)12-11(17)4-3-10(16)13(12)18;/h3-4,14,19,21H,5-9H2,1-2H3;1H/t14-;/m1./s1. The van der Waals surface area contributed by atoms with Crippen LogP contribution in [0.15, 0.2) is 12.1 Å². The number of nitrogens with one attached hydrogen (secondary N) is 1. The minimum atomic E-state index is -0.735. The summed E-state index contributed by atoms with van der Waals surface area (Å²) in [7, 11) is 0. The van der Waals surface area contributed by atoms with Crippen LogP contribution in [0.2, 0.25) is 5.02 Å². The number of nitrogens with zero attached hydrogens (tertiary/aromatic N) is 1. The Morgan fingerprint density at radius 3 is 2.45 bits per heavy atom. The van der Waals surface area contributed by atoms with Gasteiger partial charge >= 0.3 is 0 Å². The van der Waals surface area contributed by atoms with Crippen molar-refractivity contribution in [2.45, 2.75) is 19.9 Å². The van der Waals surface area contributed by atoms with Gasteiger partial charge < -0.3 is 10.4 Å². The fraction of sp³-hybridized carbons (Fsp3) is 0.600. The molecule has 126 valence electrons. The Balaban J connectivity index is 0.00000242. The van der Waals surface area contributed by atoms with Crippen LogP contribution < -0.4 is 5.32 Å². The third-order valence-corrected chi connectivity index (χ3v) is 4.31. The van der Waals surface area contributed by atoms with E-state index in [4.69, 9.17) is 11.6 Å². The SMILES string of the molecule is CC(C)(CO)[C@@H](c1c(F)ccc(Cl)c1F)N1CCNCC1.Cl. The predicted octanol–water partition coefficient (Wildman–Crippen LogP) is 3.00. The molecule has 0 bridgehead atoms. The second kappa shape index (κ2) is 7.88. The highest BCUT2D eigenvalue weighted by molar-refractivity contribution is 6.30. The summed E-state index contributed by atoms with van der Waals surface area (Å²) < 4.78 is 28.7. The smallest absolute Gasteiger partial charge is 0.149 e. The zero-order valence-electron chi connectivity index (χ0n) is 12.7. The Morgan fingerprint density at radius 1 is 1.32 bits per heavy atom. The van der Waals surface area contributed by atoms with Crippen LogP contribution in [0.3, 0.4) is 0 Å². The first kappa shape index (κ1) is 19.6. The Bertz CT molecular complexity index is 509. The average Bonchev–Trinajstić information content (AvgIpc) is 2.48. The van der Waals surface area contributed by atoms with E-state index in [-0.39, 0.29) is 29.6 Å². The molecule has 0 spiro atoms. The van der Waals surface area contributed by atoms with Crippen LogP contribution >= 0.6 is 24.0 Å². The van der Waals surface area contributed by atoms with Gasteiger partial charge in [-0.2, -0.15) is 0 Å². The maximum absolute atomic E-state index is 14.4. The van der Waals surface area contributed by atoms with E-state index in [9.17, 15) is 13.9 Å². The first-order valence-corrected chi connectivity index (χ1v) is 7.45. The summed E-state index contributed by atoms with van der Waals surface area (Å²) in [5.74, 6) is -1.36. The average molecular weight is 355 g/mol. The number of benzene rings is 1. The Kier molecular flexibility index (Phi) is 7.02. The largest absolute Gasteiger partial charge is 0.396 e. The topological polar surface area (TPSA) is 35.5 Å². The van der Waals surface area contributed by atoms with Crippen molar-refractivity contribution in [3.8, 4) is 0 Å². The van der Waals surface area contributed by atoms with Gasteiger partial charge in [-0.3, -0.25) is 4.90 Å². The van der Waals surface area contributed by atoms with Crippen LogP contribution in [0, 0.1) is 17.0 Å². The molecule has 1 heterocycles. The minimum absolute atomic E-state index is 0. The lowest BCUT2D eigenvalue weighted by atomic mass is 9.79. The maximum atomic E-state index is 14.4. The van der Waals surface area contributed by atoms with E-state index in [1.54, 1.807) is 13.8 Å². The lowest BCUT2D eigenvalue weighted by molar-refractivity contribution is 0.0266. The van der Waals surface area contributed by atoms with Crippen molar-refractivity contribution >= 4 is 24.0 Å². The second-order valence-corrected chi connectivity index (χ2v) is 6.50. The molecule has 0 aromatic heterocycles. The molecule has 1 aliphatic rings. The molecule has 0 unspecified atom stereocenters. The molecule has 22 heavy (non-hydrogen) atoms. The number of aliphatic hydroxyl groups is 1. The number of hydrogen-bond donors (Lipinski definition) is 2. The van der Waals surface area contributed by atoms with E-state index in [0.29, 0.717) is 13.1 Å². The lowest BCUT2D eigenvalue weighted by Gasteiger charge is -2.43. The molecule has 0 saturated carbocycles. The molecule has 1 aromatic carbocycles. The van der Waals surface area contributed by atoms with Gasteiger partial charge in [0.1, 0.15) is 11.6 Å². The number of aliphatic hydroxyl groups excluding tert-OH is 1. The highest BCUT2D eigenvalue weighted by Crippen LogP contribution is 2.41. The molecule has 3 nitrogen and oxygen atoms in total. The van der Waals surface area contributed by atoms with Gasteiger partial charge in [0.2, 0.25) is 0 Å². The zero-order valence-corrected chi connectivity index (χ0v) is 14.3. The van der Waals surface area contributed by atoms with Crippen molar-refractivity contribution in [2.24, 2.45) is 5.41 Å². The van der Waals surface area contributed by atoms with Crippen molar-refractivity contribution in [2.75, 3.05) is 32.8 Å². The molecular formula is C15H22Cl2F2N2O. The van der Waals surface area contributed by atoms with Gasteiger partial charge in [0.05, 0.1) is 5.02 Å². The van der Waals surface area contributed by atoms with Gasteiger partial charge in [-0.1, -0.05) is 25.4 Å². The number of piperazine rings is 1. The lowest BCUT2D eigenvalue weighted by Crippen LogP contribution is -2.50. The minimum Gasteiger partial charge on any atom is -0.396 e. The number of hydrogen-bond acceptors (Lipinski definition) is 3. The summed E-state index contributed by atoms with van der Waals surface area (Å²) >= 11 is 5.83. The van der Waals surface area contributed by atoms with Crippen LogP contribution in [0.5, 0.6) is 0 Å². The molecule has 1 atom stereocenters. The molecule has 0 radical (unpaired) electrons. The summed E-state index contributed by atoms with van der Waals surface area (Å²) in [6, 6.07) is 1.84. The first-order chi connectivity index (χ1) is 9.88. The van der Waals surface area contributed by atoms with Gasteiger partial charge in [-0.05, 0) is 12.1 Å². The molecule has 7 heteroatoms. The zero-order chi connectivity index (χ0) is 15.6. The molecule has 1 aliphatic heterocycles. The van der Waals surface area contributed by atoms with Crippen molar-refractivity contribution < 1.29 is 13.9 Å². The van der Waals surface area contributed by atoms with Crippen molar-refractivity contribution in [1.29, 1.82) is 0 Å². The van der Waals surface area contributed by atoms with Gasteiger partial charge in [0.25, 0.3) is 0 Å². The fourth-order valence-electron chi connectivity index (χ4n) is 2.89. The summed E-state index contributed by atoms with van der Waals surface area (Å²) in [6.45, 7) is 6.27. The van der Waals surface area contributed by atoms with E-state index in [1.807, 2.05) is 4.90 Å². The summed E-state index contributed by atoms with van der Waals surface area (Å²) in [5, 5.41) is 12.8. The van der Waals surface area contributed by atoms with Crippen LogP contribution in [-0.2, 0) is 0 Å². The van der Waals surface area contributed by atoms with E-state index in [2.05, 4.69) is 5.32 Å². The van der Waals surface area contributed by atoms with Gasteiger partial charge in [-0.15, -0.1) is 12.4 Å². The Morgan fingerprint density at radius 2 is 1.91 bits per heavy atom. The van der Waals surface area contributed by atoms with Gasteiger partial charge in [0.15, 0.2) is 0 Å². The monoisotopic (exact) mass is 354 g/mol. The van der Waals surface area contributed by atoms with Crippen LogP contribution in [0.1, 0.15) is 25.5 Å². The molecule has 0 amide bonds. The Hall–Kier alpha value is -0.460. The molecule has 1 fully saturated rings. The van der Waals surface area contributed by atoms with Crippen LogP contribution in [0.4, 0.5) is 8.78 Å². The van der Waals surface area contributed by atoms with E-state index in [1.165, 1.54) is 12.1 Å². The highest BCUT2D eigenvalue weighted by Gasteiger charge is 2.39. The quantitative estimate of drug-likeness (QED) is 0.816. The van der Waals surface area contributed by atoms with E-state index >= 15 is 0 Å². The van der Waals surface area contributed by atoms with Gasteiger partial charge in [0, 0.05) is 49.8 Å². The molecule has 2 N–H and O–H groups in total. The number of rotatable bonds is 4.